The maximum Gasteiger partial charge on any atom is 0.161 e. The zero-order valence-electron chi connectivity index (χ0n) is 10.4. The summed E-state index contributed by atoms with van der Waals surface area (Å²) < 4.78 is 14.4. The molecule has 18 heavy (non-hydrogen) atoms. The van der Waals surface area contributed by atoms with Crippen LogP contribution in [0.1, 0.15) is 20.3 Å². The van der Waals surface area contributed by atoms with E-state index in [4.69, 9.17) is 0 Å². The minimum Gasteiger partial charge on any atom is -0.333 e. The van der Waals surface area contributed by atoms with Crippen molar-refractivity contribution in [2.24, 2.45) is 10.9 Å². The fourth-order valence-electron chi connectivity index (χ4n) is 1.79. The first-order valence-electron chi connectivity index (χ1n) is 5.99. The Labute approximate surface area is 120 Å². The number of nitrogens with zero attached hydrogens (tertiary/aromatic N) is 1. The van der Waals surface area contributed by atoms with Gasteiger partial charge in [-0.15, -0.1) is 0 Å². The number of hydrogen-bond donors (Lipinski definition) is 1. The molecule has 98 valence electrons. The number of thioether (sulfide) groups is 1. The largest absolute Gasteiger partial charge is 0.333 e. The van der Waals surface area contributed by atoms with Crippen LogP contribution in [0.25, 0.3) is 0 Å². The van der Waals surface area contributed by atoms with Gasteiger partial charge in [-0.3, -0.25) is 4.99 Å². The average Bonchev–Trinajstić information content (AvgIpc) is 2.33. The van der Waals surface area contributed by atoms with Crippen molar-refractivity contribution >= 4 is 38.5 Å². The highest BCUT2D eigenvalue weighted by atomic mass is 79.9. The standard InChI is InChI=1S/C13H16BrFN2S/c1-8(2)11-5-6-18-13(16-11)17-12-4-3-9(14)7-10(12)15/h3-4,7-8,11H,5-6H2,1-2H3,(H,16,17). The number of aliphatic imine (C=N–C) groups is 1. The molecule has 0 saturated heterocycles. The minimum absolute atomic E-state index is 0.264. The maximum absolute atomic E-state index is 13.7. The van der Waals surface area contributed by atoms with Crippen molar-refractivity contribution in [2.75, 3.05) is 11.1 Å². The fourth-order valence-corrected chi connectivity index (χ4v) is 3.06. The number of benzene rings is 1. The molecule has 5 heteroatoms. The zero-order valence-corrected chi connectivity index (χ0v) is 12.8. The second-order valence-corrected chi connectivity index (χ2v) is 6.63. The summed E-state index contributed by atoms with van der Waals surface area (Å²) in [6, 6.07) is 5.34. The second kappa shape index (κ2) is 6.06. The van der Waals surface area contributed by atoms with E-state index in [1.165, 1.54) is 6.07 Å². The van der Waals surface area contributed by atoms with Crippen LogP contribution in [-0.2, 0) is 0 Å². The van der Waals surface area contributed by atoms with Gasteiger partial charge in [-0.05, 0) is 30.5 Å². The van der Waals surface area contributed by atoms with Gasteiger partial charge in [0.05, 0.1) is 11.7 Å². The van der Waals surface area contributed by atoms with Crippen molar-refractivity contribution in [1.82, 2.24) is 0 Å². The van der Waals surface area contributed by atoms with Crippen LogP contribution in [0, 0.1) is 11.7 Å². The molecule has 0 aliphatic carbocycles. The smallest absolute Gasteiger partial charge is 0.161 e. The SMILES string of the molecule is CC(C)C1CCSC(Nc2ccc(Br)cc2F)=N1. The van der Waals surface area contributed by atoms with Gasteiger partial charge < -0.3 is 5.32 Å². The summed E-state index contributed by atoms with van der Waals surface area (Å²) in [5.74, 6) is 1.30. The van der Waals surface area contributed by atoms with Gasteiger partial charge in [0.15, 0.2) is 5.17 Å². The molecule has 2 nitrogen and oxygen atoms in total. The van der Waals surface area contributed by atoms with Crippen LogP contribution in [0.2, 0.25) is 0 Å². The van der Waals surface area contributed by atoms with Gasteiger partial charge in [-0.25, -0.2) is 4.39 Å². The summed E-state index contributed by atoms with van der Waals surface area (Å²) >= 11 is 4.90. The molecule has 1 aromatic rings. The molecule has 0 amide bonds. The number of hydrogen-bond acceptors (Lipinski definition) is 3. The Hall–Kier alpha value is -0.550. The Morgan fingerprint density at radius 2 is 2.28 bits per heavy atom. The molecule has 1 aliphatic rings. The Morgan fingerprint density at radius 3 is 2.94 bits per heavy atom. The topological polar surface area (TPSA) is 24.4 Å². The van der Waals surface area contributed by atoms with E-state index < -0.39 is 0 Å². The Kier molecular flexibility index (Phi) is 4.67. The molecule has 1 aromatic carbocycles. The van der Waals surface area contributed by atoms with Crippen LogP contribution < -0.4 is 5.32 Å². The molecule has 0 spiro atoms. The highest BCUT2D eigenvalue weighted by molar-refractivity contribution is 9.10. The van der Waals surface area contributed by atoms with Gasteiger partial charge in [0.25, 0.3) is 0 Å². The molecular weight excluding hydrogens is 315 g/mol. The van der Waals surface area contributed by atoms with Crippen molar-refractivity contribution < 1.29 is 4.39 Å². The molecule has 1 unspecified atom stereocenters. The Bertz CT molecular complexity index is 462. The first-order valence-corrected chi connectivity index (χ1v) is 7.77. The number of halogens is 2. The average molecular weight is 331 g/mol. The van der Waals surface area contributed by atoms with Crippen molar-refractivity contribution in [2.45, 2.75) is 26.3 Å². The van der Waals surface area contributed by atoms with Crippen LogP contribution in [0.5, 0.6) is 0 Å². The number of anilines is 1. The molecule has 0 radical (unpaired) electrons. The predicted molar refractivity (Wildman–Crippen MR) is 80.9 cm³/mol. The van der Waals surface area contributed by atoms with Crippen molar-refractivity contribution in [3.8, 4) is 0 Å². The van der Waals surface area contributed by atoms with Crippen molar-refractivity contribution in [1.29, 1.82) is 0 Å². The molecule has 0 aromatic heterocycles. The minimum atomic E-state index is -0.264. The lowest BCUT2D eigenvalue weighted by Gasteiger charge is -2.23. The molecule has 1 atom stereocenters. The summed E-state index contributed by atoms with van der Waals surface area (Å²) in [5, 5.41) is 3.90. The summed E-state index contributed by atoms with van der Waals surface area (Å²) in [6.07, 6.45) is 1.09. The summed E-state index contributed by atoms with van der Waals surface area (Å²) in [5.41, 5.74) is 0.480. The highest BCUT2D eigenvalue weighted by Gasteiger charge is 2.19. The first-order chi connectivity index (χ1) is 8.56. The second-order valence-electron chi connectivity index (χ2n) is 4.63. The van der Waals surface area contributed by atoms with E-state index in [9.17, 15) is 4.39 Å². The molecule has 1 heterocycles. The maximum atomic E-state index is 13.7. The number of nitrogens with one attached hydrogen (secondary N) is 1. The third-order valence-electron chi connectivity index (χ3n) is 2.88. The molecule has 0 saturated carbocycles. The van der Waals surface area contributed by atoms with E-state index in [0.717, 1.165) is 21.8 Å². The third-order valence-corrected chi connectivity index (χ3v) is 4.29. The van der Waals surface area contributed by atoms with Gasteiger partial charge in [0.1, 0.15) is 5.82 Å². The molecule has 2 rings (SSSR count). The normalized spacial score (nSPS) is 19.8. The van der Waals surface area contributed by atoms with Crippen LogP contribution >= 0.6 is 27.7 Å². The zero-order chi connectivity index (χ0) is 13.1. The summed E-state index contributed by atoms with van der Waals surface area (Å²) in [6.45, 7) is 4.34. The Balaban J connectivity index is 2.13. The number of rotatable bonds is 2. The van der Waals surface area contributed by atoms with Gasteiger partial charge in [0.2, 0.25) is 0 Å². The van der Waals surface area contributed by atoms with Crippen molar-refractivity contribution in [3.63, 3.8) is 0 Å². The van der Waals surface area contributed by atoms with E-state index in [1.807, 2.05) is 6.07 Å². The van der Waals surface area contributed by atoms with E-state index in [0.29, 0.717) is 17.6 Å². The first kappa shape index (κ1) is 13.9. The van der Waals surface area contributed by atoms with Crippen molar-refractivity contribution in [3.05, 3.63) is 28.5 Å². The molecule has 0 bridgehead atoms. The third kappa shape index (κ3) is 3.48. The Morgan fingerprint density at radius 1 is 1.50 bits per heavy atom. The summed E-state index contributed by atoms with van der Waals surface area (Å²) in [4.78, 5) is 4.63. The lowest BCUT2D eigenvalue weighted by molar-refractivity contribution is 0.485. The highest BCUT2D eigenvalue weighted by Crippen LogP contribution is 2.25. The quantitative estimate of drug-likeness (QED) is 0.862. The van der Waals surface area contributed by atoms with Crippen LogP contribution in [-0.4, -0.2) is 17.0 Å². The molecule has 1 aliphatic heterocycles. The molecule has 0 fully saturated rings. The van der Waals surface area contributed by atoms with Crippen LogP contribution in [0.3, 0.4) is 0 Å². The fraction of sp³-hybridized carbons (Fsp3) is 0.462. The lowest BCUT2D eigenvalue weighted by Crippen LogP contribution is -2.24. The van der Waals surface area contributed by atoms with Gasteiger partial charge >= 0.3 is 0 Å². The molecular formula is C13H16BrFN2S. The van der Waals surface area contributed by atoms with E-state index in [2.05, 4.69) is 40.1 Å². The monoisotopic (exact) mass is 330 g/mol. The van der Waals surface area contributed by atoms with E-state index >= 15 is 0 Å². The van der Waals surface area contributed by atoms with Crippen LogP contribution in [0.15, 0.2) is 27.7 Å². The van der Waals surface area contributed by atoms with Gasteiger partial charge in [0, 0.05) is 10.2 Å². The summed E-state index contributed by atoms with van der Waals surface area (Å²) in [7, 11) is 0. The van der Waals surface area contributed by atoms with E-state index in [-0.39, 0.29) is 5.82 Å². The molecule has 1 N–H and O–H groups in total. The lowest BCUT2D eigenvalue weighted by atomic mass is 10.0. The predicted octanol–water partition coefficient (Wildman–Crippen LogP) is 4.52. The number of amidine groups is 1. The van der Waals surface area contributed by atoms with E-state index in [1.54, 1.807) is 17.8 Å². The van der Waals surface area contributed by atoms with Crippen LogP contribution in [0.4, 0.5) is 10.1 Å². The van der Waals surface area contributed by atoms with Gasteiger partial charge in [-0.2, -0.15) is 0 Å². The van der Waals surface area contributed by atoms with Gasteiger partial charge in [-0.1, -0.05) is 41.5 Å².